The van der Waals surface area contributed by atoms with E-state index < -0.39 is 5.60 Å². The molecule has 0 bridgehead atoms. The first-order valence-corrected chi connectivity index (χ1v) is 4.41. The minimum atomic E-state index is -0.564. The molecule has 1 aromatic heterocycles. The van der Waals surface area contributed by atoms with Crippen LogP contribution >= 0.6 is 0 Å². The molecule has 3 nitrogen and oxygen atoms in total. The molecule has 1 aliphatic carbocycles. The van der Waals surface area contributed by atoms with Crippen LogP contribution in [0.3, 0.4) is 0 Å². The average molecular weight is 166 g/mol. The number of nitrogens with one attached hydrogen (secondary N) is 1. The molecule has 3 heteroatoms. The summed E-state index contributed by atoms with van der Waals surface area (Å²) in [7, 11) is 0. The summed E-state index contributed by atoms with van der Waals surface area (Å²) >= 11 is 0. The van der Waals surface area contributed by atoms with Gasteiger partial charge in [-0.05, 0) is 19.3 Å². The van der Waals surface area contributed by atoms with Crippen LogP contribution in [0.15, 0.2) is 6.20 Å². The van der Waals surface area contributed by atoms with E-state index in [0.29, 0.717) is 5.92 Å². The predicted octanol–water partition coefficient (Wildman–Crippen LogP) is 1.34. The maximum Gasteiger partial charge on any atom is 0.0962 e. The molecule has 2 N–H and O–H groups in total. The molecule has 1 fully saturated rings. The van der Waals surface area contributed by atoms with E-state index in [1.807, 2.05) is 6.92 Å². The first-order valence-electron chi connectivity index (χ1n) is 4.41. The number of hydrogen-bond donors (Lipinski definition) is 2. The van der Waals surface area contributed by atoms with Crippen molar-refractivity contribution < 1.29 is 5.11 Å². The third-order valence-corrected chi connectivity index (χ3v) is 2.86. The maximum atomic E-state index is 10.1. The Morgan fingerprint density at radius 3 is 3.00 bits per heavy atom. The van der Waals surface area contributed by atoms with Gasteiger partial charge >= 0.3 is 0 Å². The van der Waals surface area contributed by atoms with Crippen LogP contribution in [-0.4, -0.2) is 15.3 Å². The highest BCUT2D eigenvalue weighted by atomic mass is 16.3. The van der Waals surface area contributed by atoms with Gasteiger partial charge in [-0.2, -0.15) is 5.10 Å². The lowest BCUT2D eigenvalue weighted by Crippen LogP contribution is -2.08. The van der Waals surface area contributed by atoms with E-state index >= 15 is 0 Å². The van der Waals surface area contributed by atoms with Gasteiger partial charge in [0.1, 0.15) is 0 Å². The summed E-state index contributed by atoms with van der Waals surface area (Å²) in [6.07, 6.45) is 3.68. The molecule has 0 aromatic carbocycles. The minimum absolute atomic E-state index is 0.439. The first kappa shape index (κ1) is 7.80. The van der Waals surface area contributed by atoms with Crippen LogP contribution < -0.4 is 0 Å². The third kappa shape index (κ3) is 0.894. The molecular weight excluding hydrogens is 152 g/mol. The van der Waals surface area contributed by atoms with Gasteiger partial charge < -0.3 is 5.11 Å². The molecule has 2 unspecified atom stereocenters. The lowest BCUT2D eigenvalue weighted by Gasteiger charge is -2.07. The molecule has 1 heterocycles. The summed E-state index contributed by atoms with van der Waals surface area (Å²) < 4.78 is 0. The molecule has 2 rings (SSSR count). The van der Waals surface area contributed by atoms with Gasteiger partial charge in [0.15, 0.2) is 0 Å². The van der Waals surface area contributed by atoms with Crippen LogP contribution in [0, 0.1) is 12.8 Å². The summed E-state index contributed by atoms with van der Waals surface area (Å²) in [4.78, 5) is 0. The van der Waals surface area contributed by atoms with E-state index in [1.54, 1.807) is 6.20 Å². The van der Waals surface area contributed by atoms with Gasteiger partial charge in [0.25, 0.3) is 0 Å². The Labute approximate surface area is 71.8 Å². The minimum Gasteiger partial charge on any atom is -0.385 e. The number of aromatic nitrogens is 2. The average Bonchev–Trinajstić information content (AvgIpc) is 2.50. The van der Waals surface area contributed by atoms with E-state index in [0.717, 1.165) is 24.1 Å². The monoisotopic (exact) mass is 166 g/mol. The second-order valence-corrected chi connectivity index (χ2v) is 3.64. The Bertz CT molecular complexity index is 294. The smallest absolute Gasteiger partial charge is 0.0962 e. The second kappa shape index (κ2) is 2.33. The van der Waals surface area contributed by atoms with Crippen molar-refractivity contribution in [3.05, 3.63) is 17.5 Å². The van der Waals surface area contributed by atoms with Gasteiger partial charge in [-0.25, -0.2) is 0 Å². The fraction of sp³-hybridized carbons (Fsp3) is 0.667. The van der Waals surface area contributed by atoms with Crippen molar-refractivity contribution in [2.45, 2.75) is 32.3 Å². The van der Waals surface area contributed by atoms with Crippen LogP contribution in [-0.2, 0) is 5.60 Å². The number of aromatic amines is 1. The lowest BCUT2D eigenvalue weighted by molar-refractivity contribution is 0.130. The highest BCUT2D eigenvalue weighted by Crippen LogP contribution is 2.54. The molecule has 12 heavy (non-hydrogen) atoms. The Hall–Kier alpha value is -0.830. The van der Waals surface area contributed by atoms with Gasteiger partial charge in [0.05, 0.1) is 11.8 Å². The van der Waals surface area contributed by atoms with Crippen LogP contribution in [0.25, 0.3) is 0 Å². The summed E-state index contributed by atoms with van der Waals surface area (Å²) in [5.41, 5.74) is 1.41. The quantitative estimate of drug-likeness (QED) is 0.696. The fourth-order valence-electron chi connectivity index (χ4n) is 1.92. The van der Waals surface area contributed by atoms with Crippen LogP contribution in [0.1, 0.15) is 31.0 Å². The number of H-pyrrole nitrogens is 1. The number of hydrogen-bond acceptors (Lipinski definition) is 2. The van der Waals surface area contributed by atoms with Crippen molar-refractivity contribution in [3.63, 3.8) is 0 Å². The van der Waals surface area contributed by atoms with Gasteiger partial charge in [-0.3, -0.25) is 5.10 Å². The standard InChI is InChI=1S/C9H14N2O/c1-3-7-4-9(7,12)8-5-10-11-6(8)2/h5,7,12H,3-4H2,1-2H3,(H,10,11). The lowest BCUT2D eigenvalue weighted by atomic mass is 10.1. The molecule has 0 saturated heterocycles. The van der Waals surface area contributed by atoms with Crippen molar-refractivity contribution in [3.8, 4) is 0 Å². The van der Waals surface area contributed by atoms with E-state index in [-0.39, 0.29) is 0 Å². The Morgan fingerprint density at radius 2 is 2.58 bits per heavy atom. The van der Waals surface area contributed by atoms with Crippen molar-refractivity contribution in [2.24, 2.45) is 5.92 Å². The van der Waals surface area contributed by atoms with Crippen molar-refractivity contribution in [2.75, 3.05) is 0 Å². The largest absolute Gasteiger partial charge is 0.385 e. The predicted molar refractivity (Wildman–Crippen MR) is 45.6 cm³/mol. The third-order valence-electron chi connectivity index (χ3n) is 2.86. The molecule has 0 spiro atoms. The van der Waals surface area contributed by atoms with Crippen molar-refractivity contribution >= 4 is 0 Å². The molecule has 2 atom stereocenters. The SMILES string of the molecule is CCC1CC1(O)c1cn[nH]c1C. The number of nitrogens with zero attached hydrogens (tertiary/aromatic N) is 1. The van der Waals surface area contributed by atoms with Gasteiger partial charge in [0, 0.05) is 11.3 Å². The fourth-order valence-corrected chi connectivity index (χ4v) is 1.92. The number of aryl methyl sites for hydroxylation is 1. The summed E-state index contributed by atoms with van der Waals surface area (Å²) in [5, 5.41) is 16.8. The second-order valence-electron chi connectivity index (χ2n) is 3.64. The highest BCUT2D eigenvalue weighted by Gasteiger charge is 2.54. The Morgan fingerprint density at radius 1 is 1.83 bits per heavy atom. The normalized spacial score (nSPS) is 33.8. The Kier molecular flexibility index (Phi) is 1.51. The zero-order valence-electron chi connectivity index (χ0n) is 7.46. The molecular formula is C9H14N2O. The molecule has 0 radical (unpaired) electrons. The molecule has 1 aliphatic rings. The van der Waals surface area contributed by atoms with Gasteiger partial charge in [-0.15, -0.1) is 0 Å². The van der Waals surface area contributed by atoms with Gasteiger partial charge in [-0.1, -0.05) is 13.3 Å². The van der Waals surface area contributed by atoms with E-state index in [9.17, 15) is 5.11 Å². The topological polar surface area (TPSA) is 48.9 Å². The highest BCUT2D eigenvalue weighted by molar-refractivity contribution is 5.30. The molecule has 66 valence electrons. The summed E-state index contributed by atoms with van der Waals surface area (Å²) in [6.45, 7) is 4.06. The Balaban J connectivity index is 2.27. The van der Waals surface area contributed by atoms with Gasteiger partial charge in [0.2, 0.25) is 0 Å². The summed E-state index contributed by atoms with van der Waals surface area (Å²) in [6, 6.07) is 0. The maximum absolute atomic E-state index is 10.1. The molecule has 0 aliphatic heterocycles. The van der Waals surface area contributed by atoms with Crippen LogP contribution in [0.4, 0.5) is 0 Å². The summed E-state index contributed by atoms with van der Waals surface area (Å²) in [5.74, 6) is 0.439. The van der Waals surface area contributed by atoms with E-state index in [4.69, 9.17) is 0 Å². The molecule has 1 aromatic rings. The van der Waals surface area contributed by atoms with E-state index in [2.05, 4.69) is 17.1 Å². The zero-order valence-corrected chi connectivity index (χ0v) is 7.46. The number of aliphatic hydroxyl groups is 1. The molecule has 0 amide bonds. The van der Waals surface area contributed by atoms with Crippen LogP contribution in [0.5, 0.6) is 0 Å². The molecule has 1 saturated carbocycles. The number of rotatable bonds is 2. The van der Waals surface area contributed by atoms with Crippen LogP contribution in [0.2, 0.25) is 0 Å². The first-order chi connectivity index (χ1) is 5.68. The van der Waals surface area contributed by atoms with Crippen molar-refractivity contribution in [1.29, 1.82) is 0 Å². The van der Waals surface area contributed by atoms with Crippen molar-refractivity contribution in [1.82, 2.24) is 10.2 Å². The van der Waals surface area contributed by atoms with E-state index in [1.165, 1.54) is 0 Å². The zero-order chi connectivity index (χ0) is 8.77.